The van der Waals surface area contributed by atoms with E-state index in [2.05, 4.69) is 15.5 Å². The van der Waals surface area contributed by atoms with Crippen LogP contribution >= 0.6 is 11.8 Å². The molecule has 1 aliphatic rings. The maximum Gasteiger partial charge on any atom is 0.230 e. The van der Waals surface area contributed by atoms with E-state index in [4.69, 9.17) is 14.2 Å². The van der Waals surface area contributed by atoms with Gasteiger partial charge in [-0.3, -0.25) is 4.79 Å². The molecule has 0 saturated carbocycles. The molecule has 1 N–H and O–H groups in total. The fraction of sp³-hybridized carbons (Fsp3) is 0.348. The Morgan fingerprint density at radius 3 is 2.78 bits per heavy atom. The molecule has 0 spiro atoms. The van der Waals surface area contributed by atoms with Crippen LogP contribution in [0, 0.1) is 0 Å². The van der Waals surface area contributed by atoms with Gasteiger partial charge in [0.05, 0.1) is 18.4 Å². The van der Waals surface area contributed by atoms with Crippen LogP contribution in [0.15, 0.2) is 47.6 Å². The van der Waals surface area contributed by atoms with Crippen LogP contribution in [0.4, 0.5) is 0 Å². The van der Waals surface area contributed by atoms with E-state index >= 15 is 0 Å². The van der Waals surface area contributed by atoms with E-state index < -0.39 is 0 Å². The zero-order chi connectivity index (χ0) is 22.3. The van der Waals surface area contributed by atoms with Crippen molar-refractivity contribution >= 4 is 17.7 Å². The minimum atomic E-state index is -0.0444. The van der Waals surface area contributed by atoms with Crippen LogP contribution in [-0.4, -0.2) is 53.3 Å². The summed E-state index contributed by atoms with van der Waals surface area (Å²) in [5, 5.41) is 12.3. The number of benzene rings is 2. The Balaban J connectivity index is 1.31. The molecule has 4 rings (SSSR count). The fourth-order valence-corrected chi connectivity index (χ4v) is 4.31. The van der Waals surface area contributed by atoms with E-state index in [1.807, 2.05) is 54.0 Å². The highest BCUT2D eigenvalue weighted by Crippen LogP contribution is 2.31. The van der Waals surface area contributed by atoms with Crippen molar-refractivity contribution in [3.8, 4) is 28.6 Å². The van der Waals surface area contributed by atoms with Gasteiger partial charge in [0.2, 0.25) is 5.91 Å². The second-order valence-corrected chi connectivity index (χ2v) is 8.06. The van der Waals surface area contributed by atoms with Gasteiger partial charge in [0.1, 0.15) is 19.0 Å². The Morgan fingerprint density at radius 2 is 1.97 bits per heavy atom. The van der Waals surface area contributed by atoms with Crippen LogP contribution < -0.4 is 19.5 Å². The van der Waals surface area contributed by atoms with Crippen molar-refractivity contribution in [3.63, 3.8) is 0 Å². The van der Waals surface area contributed by atoms with Gasteiger partial charge >= 0.3 is 0 Å². The Kier molecular flexibility index (Phi) is 7.16. The number of aromatic nitrogens is 3. The van der Waals surface area contributed by atoms with Crippen molar-refractivity contribution < 1.29 is 19.0 Å². The molecule has 2 heterocycles. The summed E-state index contributed by atoms with van der Waals surface area (Å²) < 4.78 is 18.6. The molecule has 0 atom stereocenters. The Labute approximate surface area is 191 Å². The maximum atomic E-state index is 12.4. The average Bonchev–Trinajstić information content (AvgIpc) is 3.25. The quantitative estimate of drug-likeness (QED) is 0.497. The summed E-state index contributed by atoms with van der Waals surface area (Å²) in [7, 11) is 1.64. The van der Waals surface area contributed by atoms with Gasteiger partial charge in [-0.1, -0.05) is 30.0 Å². The number of nitrogens with zero attached hydrogens (tertiary/aromatic N) is 3. The van der Waals surface area contributed by atoms with Crippen molar-refractivity contribution in [2.45, 2.75) is 25.0 Å². The summed E-state index contributed by atoms with van der Waals surface area (Å²) in [6.07, 6.45) is 0.718. The number of para-hydroxylation sites is 1. The second-order valence-electron chi connectivity index (χ2n) is 7.12. The highest BCUT2D eigenvalue weighted by molar-refractivity contribution is 7.99. The van der Waals surface area contributed by atoms with E-state index in [1.54, 1.807) is 7.11 Å². The highest BCUT2D eigenvalue weighted by Gasteiger charge is 2.17. The average molecular weight is 455 g/mol. The molecule has 32 heavy (non-hydrogen) atoms. The molecule has 1 aromatic heterocycles. The third kappa shape index (κ3) is 4.99. The number of fused-ring (bicyclic) bond motifs is 1. The molecule has 0 unspecified atom stereocenters. The minimum absolute atomic E-state index is 0.0444. The largest absolute Gasteiger partial charge is 0.496 e. The van der Waals surface area contributed by atoms with E-state index in [0.717, 1.165) is 40.6 Å². The van der Waals surface area contributed by atoms with Crippen LogP contribution in [0.5, 0.6) is 17.2 Å². The molecule has 1 aliphatic heterocycles. The third-order valence-corrected chi connectivity index (χ3v) is 6.02. The molecule has 3 aromatic rings. The normalized spacial score (nSPS) is 12.4. The lowest BCUT2D eigenvalue weighted by Crippen LogP contribution is -2.27. The highest BCUT2D eigenvalue weighted by atomic mass is 32.2. The fourth-order valence-electron chi connectivity index (χ4n) is 3.48. The van der Waals surface area contributed by atoms with Crippen molar-refractivity contribution in [1.82, 2.24) is 20.1 Å². The lowest BCUT2D eigenvalue weighted by atomic mass is 10.1. The van der Waals surface area contributed by atoms with Crippen LogP contribution in [0.1, 0.15) is 12.5 Å². The first-order valence-electron chi connectivity index (χ1n) is 10.5. The van der Waals surface area contributed by atoms with Gasteiger partial charge in [0.25, 0.3) is 0 Å². The molecule has 0 saturated heterocycles. The van der Waals surface area contributed by atoms with E-state index in [9.17, 15) is 4.79 Å². The number of amides is 1. The predicted octanol–water partition coefficient (Wildman–Crippen LogP) is 3.20. The van der Waals surface area contributed by atoms with Gasteiger partial charge in [-0.05, 0) is 43.2 Å². The van der Waals surface area contributed by atoms with E-state index in [1.165, 1.54) is 11.8 Å². The number of hydrogen-bond acceptors (Lipinski definition) is 7. The van der Waals surface area contributed by atoms with Crippen LogP contribution in [-0.2, 0) is 17.8 Å². The number of nitrogens with one attached hydrogen (secondary N) is 1. The molecule has 0 aliphatic carbocycles. The Bertz CT molecular complexity index is 1090. The standard InChI is InChI=1S/C23H26N4O4S/c1-3-27-22(17-6-4-5-7-18(17)29-2)25-26-23(27)32-15-21(28)24-11-10-16-8-9-19-20(14-16)31-13-12-30-19/h4-9,14H,3,10-13,15H2,1-2H3,(H,24,28). The topological polar surface area (TPSA) is 87.5 Å². The van der Waals surface area contributed by atoms with Gasteiger partial charge < -0.3 is 24.1 Å². The smallest absolute Gasteiger partial charge is 0.230 e. The van der Waals surface area contributed by atoms with Crippen LogP contribution in [0.2, 0.25) is 0 Å². The molecule has 0 bridgehead atoms. The monoisotopic (exact) mass is 454 g/mol. The zero-order valence-corrected chi connectivity index (χ0v) is 19.0. The molecule has 0 fully saturated rings. The number of rotatable bonds is 9. The van der Waals surface area contributed by atoms with Crippen molar-refractivity contribution in [1.29, 1.82) is 0 Å². The Morgan fingerprint density at radius 1 is 1.16 bits per heavy atom. The van der Waals surface area contributed by atoms with E-state index in [0.29, 0.717) is 31.5 Å². The van der Waals surface area contributed by atoms with Gasteiger partial charge in [-0.15, -0.1) is 10.2 Å². The first kappa shape index (κ1) is 22.0. The summed E-state index contributed by atoms with van der Waals surface area (Å²) in [6.45, 7) is 4.40. The molecular formula is C23H26N4O4S. The van der Waals surface area contributed by atoms with Crippen molar-refractivity contribution in [2.24, 2.45) is 0 Å². The lowest BCUT2D eigenvalue weighted by molar-refractivity contribution is -0.118. The number of carbonyl (C=O) groups is 1. The first-order chi connectivity index (χ1) is 15.7. The zero-order valence-electron chi connectivity index (χ0n) is 18.2. The summed E-state index contributed by atoms with van der Waals surface area (Å²) in [6, 6.07) is 13.6. The van der Waals surface area contributed by atoms with Gasteiger partial charge in [-0.2, -0.15) is 0 Å². The molecule has 0 radical (unpaired) electrons. The summed E-state index contributed by atoms with van der Waals surface area (Å²) in [5.74, 6) is 3.23. The predicted molar refractivity (Wildman–Crippen MR) is 123 cm³/mol. The molecule has 2 aromatic carbocycles. The minimum Gasteiger partial charge on any atom is -0.496 e. The number of thioether (sulfide) groups is 1. The molecule has 168 valence electrons. The van der Waals surface area contributed by atoms with Crippen molar-refractivity contribution in [3.05, 3.63) is 48.0 Å². The lowest BCUT2D eigenvalue weighted by Gasteiger charge is -2.18. The molecule has 8 nitrogen and oxygen atoms in total. The Hall–Kier alpha value is -3.20. The van der Waals surface area contributed by atoms with Gasteiger partial charge in [-0.25, -0.2) is 0 Å². The van der Waals surface area contributed by atoms with Crippen LogP contribution in [0.25, 0.3) is 11.4 Å². The molecular weight excluding hydrogens is 428 g/mol. The number of ether oxygens (including phenoxy) is 3. The van der Waals surface area contributed by atoms with Crippen molar-refractivity contribution in [2.75, 3.05) is 32.6 Å². The maximum absolute atomic E-state index is 12.4. The second kappa shape index (κ2) is 10.4. The first-order valence-corrected chi connectivity index (χ1v) is 11.5. The summed E-state index contributed by atoms with van der Waals surface area (Å²) >= 11 is 1.37. The number of methoxy groups -OCH3 is 1. The SMILES string of the molecule is CCn1c(SCC(=O)NCCc2ccc3c(c2)OCCO3)nnc1-c1ccccc1OC. The number of carbonyl (C=O) groups excluding carboxylic acids is 1. The summed E-state index contributed by atoms with van der Waals surface area (Å²) in [4.78, 5) is 12.4. The third-order valence-electron chi connectivity index (χ3n) is 5.06. The van der Waals surface area contributed by atoms with E-state index in [-0.39, 0.29) is 11.7 Å². The van der Waals surface area contributed by atoms with Gasteiger partial charge in [0.15, 0.2) is 22.5 Å². The van der Waals surface area contributed by atoms with Gasteiger partial charge in [0, 0.05) is 13.1 Å². The number of hydrogen-bond donors (Lipinski definition) is 1. The molecule has 9 heteroatoms. The summed E-state index contributed by atoms with van der Waals surface area (Å²) in [5.41, 5.74) is 1.97. The molecule has 1 amide bonds. The van der Waals surface area contributed by atoms with Crippen LogP contribution in [0.3, 0.4) is 0 Å².